The summed E-state index contributed by atoms with van der Waals surface area (Å²) in [6.07, 6.45) is 0. The van der Waals surface area contributed by atoms with Crippen molar-refractivity contribution in [2.45, 2.75) is 6.92 Å². The quantitative estimate of drug-likeness (QED) is 0.771. The molecule has 1 heterocycles. The van der Waals surface area contributed by atoms with Crippen LogP contribution in [0.25, 0.3) is 0 Å². The SMILES string of the molecule is COc1ccc(N2CCN(C(=O)C(=O)Nc3cccc(NC(C)=O)c3)CC2)cc1. The van der Waals surface area contributed by atoms with Gasteiger partial charge in [-0.15, -0.1) is 0 Å². The Morgan fingerprint density at radius 1 is 0.897 bits per heavy atom. The minimum absolute atomic E-state index is 0.209. The average molecular weight is 396 g/mol. The van der Waals surface area contributed by atoms with E-state index in [2.05, 4.69) is 15.5 Å². The van der Waals surface area contributed by atoms with Crippen molar-refractivity contribution in [3.05, 3.63) is 48.5 Å². The molecule has 1 aliphatic heterocycles. The second-order valence-electron chi connectivity index (χ2n) is 6.69. The molecule has 29 heavy (non-hydrogen) atoms. The number of hydrogen-bond donors (Lipinski definition) is 2. The maximum atomic E-state index is 12.5. The van der Waals surface area contributed by atoms with E-state index >= 15 is 0 Å². The molecule has 0 aliphatic carbocycles. The Balaban J connectivity index is 1.54. The molecule has 3 amide bonds. The number of nitrogens with zero attached hydrogens (tertiary/aromatic N) is 2. The molecule has 2 aromatic carbocycles. The predicted octanol–water partition coefficient (Wildman–Crippen LogP) is 1.94. The molecule has 8 nitrogen and oxygen atoms in total. The summed E-state index contributed by atoms with van der Waals surface area (Å²) in [5, 5.41) is 5.24. The van der Waals surface area contributed by atoms with E-state index in [-0.39, 0.29) is 5.91 Å². The first-order valence-corrected chi connectivity index (χ1v) is 9.33. The summed E-state index contributed by atoms with van der Waals surface area (Å²) in [6, 6.07) is 14.4. The number of ether oxygens (including phenoxy) is 1. The van der Waals surface area contributed by atoms with Crippen molar-refractivity contribution in [2.75, 3.05) is 48.8 Å². The topological polar surface area (TPSA) is 91.0 Å². The normalized spacial score (nSPS) is 13.6. The molecule has 1 aliphatic rings. The van der Waals surface area contributed by atoms with Gasteiger partial charge in [-0.1, -0.05) is 6.07 Å². The van der Waals surface area contributed by atoms with Gasteiger partial charge in [0.05, 0.1) is 7.11 Å². The molecular weight excluding hydrogens is 372 g/mol. The van der Waals surface area contributed by atoms with Gasteiger partial charge in [0.1, 0.15) is 5.75 Å². The van der Waals surface area contributed by atoms with Crippen LogP contribution in [0.5, 0.6) is 5.75 Å². The predicted molar refractivity (Wildman–Crippen MR) is 111 cm³/mol. The number of carbonyl (C=O) groups excluding carboxylic acids is 3. The van der Waals surface area contributed by atoms with Crippen molar-refractivity contribution in [1.82, 2.24) is 4.90 Å². The van der Waals surface area contributed by atoms with Gasteiger partial charge in [-0.05, 0) is 42.5 Å². The second kappa shape index (κ2) is 9.09. The summed E-state index contributed by atoms with van der Waals surface area (Å²) in [5.74, 6) is -0.673. The van der Waals surface area contributed by atoms with Crippen LogP contribution in [-0.4, -0.2) is 55.9 Å². The minimum Gasteiger partial charge on any atom is -0.497 e. The summed E-state index contributed by atoms with van der Waals surface area (Å²) < 4.78 is 5.17. The van der Waals surface area contributed by atoms with E-state index in [1.165, 1.54) is 6.92 Å². The van der Waals surface area contributed by atoms with Gasteiger partial charge < -0.3 is 25.2 Å². The first-order chi connectivity index (χ1) is 14.0. The molecule has 0 bridgehead atoms. The van der Waals surface area contributed by atoms with Gasteiger partial charge in [-0.2, -0.15) is 0 Å². The van der Waals surface area contributed by atoms with Gasteiger partial charge in [0.2, 0.25) is 5.91 Å². The third-order valence-corrected chi connectivity index (χ3v) is 4.64. The Bertz CT molecular complexity index is 890. The number of amides is 3. The Labute approximate surface area is 169 Å². The maximum Gasteiger partial charge on any atom is 0.313 e. The fourth-order valence-corrected chi connectivity index (χ4v) is 3.17. The fourth-order valence-electron chi connectivity index (χ4n) is 3.17. The van der Waals surface area contributed by atoms with Gasteiger partial charge in [-0.3, -0.25) is 14.4 Å². The van der Waals surface area contributed by atoms with Gasteiger partial charge in [0, 0.05) is 50.2 Å². The lowest BCUT2D eigenvalue weighted by molar-refractivity contribution is -0.143. The third-order valence-electron chi connectivity index (χ3n) is 4.64. The highest BCUT2D eigenvalue weighted by Crippen LogP contribution is 2.21. The number of hydrogen-bond acceptors (Lipinski definition) is 5. The highest BCUT2D eigenvalue weighted by Gasteiger charge is 2.26. The molecule has 2 aromatic rings. The van der Waals surface area contributed by atoms with E-state index in [1.54, 1.807) is 36.3 Å². The van der Waals surface area contributed by atoms with Crippen molar-refractivity contribution in [3.63, 3.8) is 0 Å². The Kier molecular flexibility index (Phi) is 6.33. The Morgan fingerprint density at radius 3 is 2.10 bits per heavy atom. The molecule has 0 spiro atoms. The zero-order chi connectivity index (χ0) is 20.8. The van der Waals surface area contributed by atoms with Gasteiger partial charge >= 0.3 is 11.8 Å². The summed E-state index contributed by atoms with van der Waals surface area (Å²) in [5.41, 5.74) is 2.06. The van der Waals surface area contributed by atoms with Crippen LogP contribution in [-0.2, 0) is 14.4 Å². The summed E-state index contributed by atoms with van der Waals surface area (Å²) in [7, 11) is 1.63. The zero-order valence-corrected chi connectivity index (χ0v) is 16.5. The van der Waals surface area contributed by atoms with E-state index in [0.717, 1.165) is 11.4 Å². The van der Waals surface area contributed by atoms with Crippen LogP contribution in [0.1, 0.15) is 6.92 Å². The molecule has 152 valence electrons. The van der Waals surface area contributed by atoms with Crippen molar-refractivity contribution in [2.24, 2.45) is 0 Å². The number of carbonyl (C=O) groups is 3. The monoisotopic (exact) mass is 396 g/mol. The molecule has 8 heteroatoms. The van der Waals surface area contributed by atoms with Crippen LogP contribution in [0.15, 0.2) is 48.5 Å². The first kappa shape index (κ1) is 20.2. The highest BCUT2D eigenvalue weighted by molar-refractivity contribution is 6.39. The molecule has 0 unspecified atom stereocenters. The highest BCUT2D eigenvalue weighted by atomic mass is 16.5. The van der Waals surface area contributed by atoms with E-state index < -0.39 is 11.8 Å². The third kappa shape index (κ3) is 5.25. The minimum atomic E-state index is -0.692. The molecule has 0 aromatic heterocycles. The molecule has 0 saturated carbocycles. The largest absolute Gasteiger partial charge is 0.497 e. The van der Waals surface area contributed by atoms with E-state index in [0.29, 0.717) is 37.6 Å². The number of anilines is 3. The van der Waals surface area contributed by atoms with Crippen molar-refractivity contribution >= 4 is 34.8 Å². The van der Waals surface area contributed by atoms with Crippen LogP contribution in [0, 0.1) is 0 Å². The molecule has 3 rings (SSSR count). The molecule has 1 fully saturated rings. The number of piperazine rings is 1. The van der Waals surface area contributed by atoms with Gasteiger partial charge in [-0.25, -0.2) is 0 Å². The van der Waals surface area contributed by atoms with Crippen molar-refractivity contribution < 1.29 is 19.1 Å². The standard InChI is InChI=1S/C21H24N4O4/c1-15(26)22-16-4-3-5-17(14-16)23-20(27)21(28)25-12-10-24(11-13-25)18-6-8-19(29-2)9-7-18/h3-9,14H,10-13H2,1-2H3,(H,22,26)(H,23,27). The number of nitrogens with one attached hydrogen (secondary N) is 2. The number of rotatable bonds is 4. The van der Waals surface area contributed by atoms with Crippen LogP contribution >= 0.6 is 0 Å². The van der Waals surface area contributed by atoms with Crippen LogP contribution in [0.4, 0.5) is 17.1 Å². The lowest BCUT2D eigenvalue weighted by Gasteiger charge is -2.35. The van der Waals surface area contributed by atoms with Crippen LogP contribution in [0.2, 0.25) is 0 Å². The van der Waals surface area contributed by atoms with Gasteiger partial charge in [0.25, 0.3) is 0 Å². The zero-order valence-electron chi connectivity index (χ0n) is 16.5. The maximum absolute atomic E-state index is 12.5. The van der Waals surface area contributed by atoms with Crippen LogP contribution in [0.3, 0.4) is 0 Å². The van der Waals surface area contributed by atoms with Gasteiger partial charge in [0.15, 0.2) is 0 Å². The average Bonchev–Trinajstić information content (AvgIpc) is 2.73. The molecule has 0 radical (unpaired) electrons. The summed E-state index contributed by atoms with van der Waals surface area (Å²) >= 11 is 0. The van der Waals surface area contributed by atoms with Crippen LogP contribution < -0.4 is 20.3 Å². The van der Waals surface area contributed by atoms with Crippen molar-refractivity contribution in [3.8, 4) is 5.75 Å². The lowest BCUT2D eigenvalue weighted by atomic mass is 10.2. The lowest BCUT2D eigenvalue weighted by Crippen LogP contribution is -2.51. The molecule has 1 saturated heterocycles. The molecule has 0 atom stereocenters. The first-order valence-electron chi connectivity index (χ1n) is 9.33. The Hall–Kier alpha value is -3.55. The smallest absolute Gasteiger partial charge is 0.313 e. The summed E-state index contributed by atoms with van der Waals surface area (Å²) in [4.78, 5) is 39.7. The van der Waals surface area contributed by atoms with E-state index in [9.17, 15) is 14.4 Å². The van der Waals surface area contributed by atoms with E-state index in [1.807, 2.05) is 24.3 Å². The Morgan fingerprint density at radius 2 is 1.52 bits per heavy atom. The number of benzene rings is 2. The summed E-state index contributed by atoms with van der Waals surface area (Å²) in [6.45, 7) is 3.61. The van der Waals surface area contributed by atoms with E-state index in [4.69, 9.17) is 4.74 Å². The van der Waals surface area contributed by atoms with Crippen molar-refractivity contribution in [1.29, 1.82) is 0 Å². The fraction of sp³-hybridized carbons (Fsp3) is 0.286. The number of methoxy groups -OCH3 is 1. The second-order valence-corrected chi connectivity index (χ2v) is 6.69. The molecule has 2 N–H and O–H groups in total. The molecular formula is C21H24N4O4.